The fraction of sp³-hybridized carbons (Fsp3) is 0.577. The summed E-state index contributed by atoms with van der Waals surface area (Å²) in [6, 6.07) is 10.5. The van der Waals surface area contributed by atoms with Crippen molar-refractivity contribution >= 4 is 46.5 Å². The van der Waals surface area contributed by atoms with Gasteiger partial charge in [-0.15, -0.1) is 0 Å². The molecule has 182 valence electrons. The van der Waals surface area contributed by atoms with Crippen LogP contribution in [0.5, 0.6) is 0 Å². The third-order valence-corrected chi connectivity index (χ3v) is 8.10. The van der Waals surface area contributed by atoms with Gasteiger partial charge in [0.25, 0.3) is 0 Å². The van der Waals surface area contributed by atoms with Crippen LogP contribution in [0.15, 0.2) is 30.3 Å². The smallest absolute Gasteiger partial charge is 0.232 e. The maximum absolute atomic E-state index is 6.32. The highest BCUT2D eigenvalue weighted by Gasteiger charge is 2.35. The van der Waals surface area contributed by atoms with E-state index in [9.17, 15) is 0 Å². The Bertz CT molecular complexity index is 997. The van der Waals surface area contributed by atoms with Gasteiger partial charge in [0.1, 0.15) is 11.6 Å². The number of aromatic nitrogens is 2. The van der Waals surface area contributed by atoms with Gasteiger partial charge in [0, 0.05) is 49.2 Å². The van der Waals surface area contributed by atoms with Crippen molar-refractivity contribution in [1.29, 1.82) is 0 Å². The number of thiocarbonyl (C=S) groups is 1. The van der Waals surface area contributed by atoms with Crippen LogP contribution in [0.1, 0.15) is 63.4 Å². The van der Waals surface area contributed by atoms with Crippen molar-refractivity contribution in [1.82, 2.24) is 15.3 Å². The van der Waals surface area contributed by atoms with E-state index in [2.05, 4.69) is 38.6 Å². The zero-order valence-electron chi connectivity index (χ0n) is 19.9. The van der Waals surface area contributed by atoms with Crippen LogP contribution in [-0.2, 0) is 5.41 Å². The molecule has 0 radical (unpaired) electrons. The quantitative estimate of drug-likeness (QED) is 0.508. The van der Waals surface area contributed by atoms with Gasteiger partial charge in [-0.1, -0.05) is 36.6 Å². The maximum Gasteiger partial charge on any atom is 0.232 e. The molecule has 5 rings (SSSR count). The Hall–Kier alpha value is -2.12. The second-order valence-corrected chi connectivity index (χ2v) is 10.8. The Balaban J connectivity index is 1.30. The molecule has 3 fully saturated rings. The molecule has 1 aromatic heterocycles. The number of anilines is 3. The second-order valence-electron chi connectivity index (χ2n) is 9.96. The van der Waals surface area contributed by atoms with Gasteiger partial charge in [-0.05, 0) is 74.9 Å². The molecule has 0 amide bonds. The Kier molecular flexibility index (Phi) is 7.40. The monoisotopic (exact) mass is 498 g/mol. The lowest BCUT2D eigenvalue weighted by atomic mass is 9.79. The summed E-state index contributed by atoms with van der Waals surface area (Å²) in [5.74, 6) is 2.60. The molecule has 2 aromatic rings. The highest BCUT2D eigenvalue weighted by atomic mass is 35.5. The molecule has 3 heterocycles. The van der Waals surface area contributed by atoms with Crippen LogP contribution in [0, 0.1) is 0 Å². The third-order valence-electron chi connectivity index (χ3n) is 7.62. The van der Waals surface area contributed by atoms with Gasteiger partial charge >= 0.3 is 0 Å². The van der Waals surface area contributed by atoms with E-state index >= 15 is 0 Å². The minimum absolute atomic E-state index is 0.0634. The fourth-order valence-corrected chi connectivity index (χ4v) is 6.06. The van der Waals surface area contributed by atoms with E-state index in [1.54, 1.807) is 0 Å². The fourth-order valence-electron chi connectivity index (χ4n) is 5.70. The molecule has 1 aliphatic carbocycles. The van der Waals surface area contributed by atoms with Gasteiger partial charge in [-0.2, -0.15) is 9.97 Å². The highest BCUT2D eigenvalue weighted by Crippen LogP contribution is 2.41. The zero-order valence-corrected chi connectivity index (χ0v) is 21.4. The number of hydrogen-bond acceptors (Lipinski definition) is 5. The van der Waals surface area contributed by atoms with Crippen LogP contribution < -0.4 is 20.4 Å². The summed E-state index contributed by atoms with van der Waals surface area (Å²) < 4.78 is 0. The van der Waals surface area contributed by atoms with Crippen LogP contribution in [-0.4, -0.2) is 47.8 Å². The Labute approximate surface area is 213 Å². The van der Waals surface area contributed by atoms with Gasteiger partial charge < -0.3 is 20.4 Å². The molecule has 6 nitrogen and oxygen atoms in total. The second kappa shape index (κ2) is 10.6. The summed E-state index contributed by atoms with van der Waals surface area (Å²) in [4.78, 5) is 14.5. The molecule has 1 saturated carbocycles. The molecule has 8 heteroatoms. The average Bonchev–Trinajstić information content (AvgIpc) is 3.57. The number of nitrogens with one attached hydrogen (secondary N) is 2. The van der Waals surface area contributed by atoms with Crippen LogP contribution in [0.3, 0.4) is 0 Å². The Morgan fingerprint density at radius 2 is 1.50 bits per heavy atom. The first-order chi connectivity index (χ1) is 16.6. The first kappa shape index (κ1) is 23.6. The van der Waals surface area contributed by atoms with E-state index in [0.29, 0.717) is 11.1 Å². The highest BCUT2D eigenvalue weighted by molar-refractivity contribution is 7.80. The normalized spacial score (nSPS) is 19.9. The molecule has 2 aliphatic heterocycles. The maximum atomic E-state index is 6.32. The predicted octanol–water partition coefficient (Wildman–Crippen LogP) is 5.52. The van der Waals surface area contributed by atoms with Gasteiger partial charge in [0.05, 0.1) is 0 Å². The molecule has 0 spiro atoms. The lowest BCUT2D eigenvalue weighted by Crippen LogP contribution is -2.41. The number of halogens is 1. The van der Waals surface area contributed by atoms with E-state index < -0.39 is 0 Å². The summed E-state index contributed by atoms with van der Waals surface area (Å²) in [5, 5.41) is 8.17. The van der Waals surface area contributed by atoms with Crippen molar-refractivity contribution in [2.45, 2.75) is 63.2 Å². The van der Waals surface area contributed by atoms with Crippen molar-refractivity contribution < 1.29 is 0 Å². The van der Waals surface area contributed by atoms with Crippen molar-refractivity contribution in [2.24, 2.45) is 0 Å². The Morgan fingerprint density at radius 3 is 2.12 bits per heavy atom. The number of piperidine rings is 1. The van der Waals surface area contributed by atoms with Crippen molar-refractivity contribution in [3.63, 3.8) is 0 Å². The number of nitrogens with zero attached hydrogens (tertiary/aromatic N) is 4. The molecular weight excluding hydrogens is 464 g/mol. The van der Waals surface area contributed by atoms with Gasteiger partial charge in [0.2, 0.25) is 5.95 Å². The van der Waals surface area contributed by atoms with E-state index in [0.717, 1.165) is 62.2 Å². The lowest BCUT2D eigenvalue weighted by molar-refractivity contribution is 0.435. The molecular formula is C26H35ClN6S. The molecule has 34 heavy (non-hydrogen) atoms. The average molecular weight is 499 g/mol. The first-order valence-corrected chi connectivity index (χ1v) is 13.6. The van der Waals surface area contributed by atoms with Crippen molar-refractivity contribution in [2.75, 3.05) is 47.8 Å². The third kappa shape index (κ3) is 5.41. The van der Waals surface area contributed by atoms with Gasteiger partial charge in [-0.3, -0.25) is 0 Å². The lowest BCUT2D eigenvalue weighted by Gasteiger charge is -2.31. The van der Waals surface area contributed by atoms with Crippen LogP contribution in [0.2, 0.25) is 5.02 Å². The van der Waals surface area contributed by atoms with E-state index in [4.69, 9.17) is 33.8 Å². The zero-order chi connectivity index (χ0) is 23.4. The van der Waals surface area contributed by atoms with E-state index in [1.807, 2.05) is 12.1 Å². The summed E-state index contributed by atoms with van der Waals surface area (Å²) >= 11 is 12.0. The summed E-state index contributed by atoms with van der Waals surface area (Å²) in [5.41, 5.74) is 1.36. The largest absolute Gasteiger partial charge is 0.361 e. The molecule has 0 unspecified atom stereocenters. The van der Waals surface area contributed by atoms with E-state index in [1.165, 1.54) is 50.5 Å². The standard InChI is InChI=1S/C26H35ClN6S/c27-21-10-8-9-20(17-21)26(11-2-3-12-26)19-28-25(34)31-24-29-22(32-13-4-1-5-14-32)18-23(30-24)33-15-6-7-16-33/h8-10,17-18H,1-7,11-16,19H2,(H2,28,29,30,31,34). The van der Waals surface area contributed by atoms with Crippen molar-refractivity contribution in [3.8, 4) is 0 Å². The minimum Gasteiger partial charge on any atom is -0.361 e. The summed E-state index contributed by atoms with van der Waals surface area (Å²) in [6.07, 6.45) is 10.9. The molecule has 0 atom stereocenters. The topological polar surface area (TPSA) is 56.3 Å². The minimum atomic E-state index is 0.0634. The molecule has 3 aliphatic rings. The first-order valence-electron chi connectivity index (χ1n) is 12.8. The predicted molar refractivity (Wildman–Crippen MR) is 145 cm³/mol. The summed E-state index contributed by atoms with van der Waals surface area (Å²) in [7, 11) is 0. The number of rotatable bonds is 6. The molecule has 0 bridgehead atoms. The van der Waals surface area contributed by atoms with Crippen LogP contribution in [0.4, 0.5) is 17.6 Å². The van der Waals surface area contributed by atoms with Gasteiger partial charge in [0.15, 0.2) is 5.11 Å². The van der Waals surface area contributed by atoms with Crippen molar-refractivity contribution in [3.05, 3.63) is 40.9 Å². The molecule has 1 aromatic carbocycles. The van der Waals surface area contributed by atoms with Crippen LogP contribution in [0.25, 0.3) is 0 Å². The van der Waals surface area contributed by atoms with Gasteiger partial charge in [-0.25, -0.2) is 0 Å². The van der Waals surface area contributed by atoms with E-state index in [-0.39, 0.29) is 5.41 Å². The SMILES string of the molecule is S=C(NCC1(c2cccc(Cl)c2)CCCC1)Nc1nc(N2CCCCC2)cc(N2CCCC2)n1. The molecule has 2 saturated heterocycles. The number of benzene rings is 1. The summed E-state index contributed by atoms with van der Waals surface area (Å²) in [6.45, 7) is 5.01. The molecule has 2 N–H and O–H groups in total. The Morgan fingerprint density at radius 1 is 0.882 bits per heavy atom. The number of hydrogen-bond donors (Lipinski definition) is 2. The van der Waals surface area contributed by atoms with Crippen LogP contribution >= 0.6 is 23.8 Å².